The standard InChI is InChI=1S/C15H17N3O3/c16-13(19)2-1-7-18-12-8-10(15(20)21)5-6-11(12)17-14(18)9-3-4-9/h5-6,8-9H,1-4,7H2,(H2,16,19)(H,20,21). The predicted molar refractivity (Wildman–Crippen MR) is 77.1 cm³/mol. The second-order valence-electron chi connectivity index (χ2n) is 5.47. The van der Waals surface area contributed by atoms with E-state index in [2.05, 4.69) is 4.98 Å². The number of carboxylic acid groups (broad SMARTS) is 1. The van der Waals surface area contributed by atoms with Gasteiger partial charge in [0.05, 0.1) is 16.6 Å². The number of amides is 1. The van der Waals surface area contributed by atoms with E-state index in [4.69, 9.17) is 10.8 Å². The van der Waals surface area contributed by atoms with Crippen LogP contribution in [-0.4, -0.2) is 26.5 Å². The lowest BCUT2D eigenvalue weighted by molar-refractivity contribution is -0.118. The number of imidazole rings is 1. The van der Waals surface area contributed by atoms with Crippen molar-refractivity contribution in [2.45, 2.75) is 38.1 Å². The Morgan fingerprint density at radius 3 is 2.76 bits per heavy atom. The molecule has 1 fully saturated rings. The highest BCUT2D eigenvalue weighted by atomic mass is 16.4. The van der Waals surface area contributed by atoms with Crippen LogP contribution in [0.5, 0.6) is 0 Å². The predicted octanol–water partition coefficient (Wildman–Crippen LogP) is 1.88. The lowest BCUT2D eigenvalue weighted by Gasteiger charge is -2.08. The van der Waals surface area contributed by atoms with Crippen molar-refractivity contribution in [2.24, 2.45) is 5.73 Å². The van der Waals surface area contributed by atoms with Gasteiger partial charge < -0.3 is 15.4 Å². The van der Waals surface area contributed by atoms with Gasteiger partial charge >= 0.3 is 5.97 Å². The van der Waals surface area contributed by atoms with Crippen LogP contribution in [0.4, 0.5) is 0 Å². The largest absolute Gasteiger partial charge is 0.478 e. The van der Waals surface area contributed by atoms with E-state index in [9.17, 15) is 9.59 Å². The van der Waals surface area contributed by atoms with E-state index >= 15 is 0 Å². The van der Waals surface area contributed by atoms with Crippen molar-refractivity contribution in [3.05, 3.63) is 29.6 Å². The molecular weight excluding hydrogens is 270 g/mol. The fourth-order valence-corrected chi connectivity index (χ4v) is 2.57. The topological polar surface area (TPSA) is 98.2 Å². The zero-order valence-corrected chi connectivity index (χ0v) is 11.6. The van der Waals surface area contributed by atoms with Crippen LogP contribution < -0.4 is 5.73 Å². The Morgan fingerprint density at radius 1 is 1.38 bits per heavy atom. The van der Waals surface area contributed by atoms with Crippen molar-refractivity contribution in [3.8, 4) is 0 Å². The van der Waals surface area contributed by atoms with Gasteiger partial charge in [-0.3, -0.25) is 4.79 Å². The Hall–Kier alpha value is -2.37. The highest BCUT2D eigenvalue weighted by molar-refractivity contribution is 5.92. The average Bonchev–Trinajstić information content (AvgIpc) is 3.21. The van der Waals surface area contributed by atoms with Gasteiger partial charge in [-0.05, 0) is 37.5 Å². The Balaban J connectivity index is 1.99. The molecular formula is C15H17N3O3. The number of aryl methyl sites for hydroxylation is 1. The Kier molecular flexibility index (Phi) is 3.37. The summed E-state index contributed by atoms with van der Waals surface area (Å²) in [4.78, 5) is 26.6. The summed E-state index contributed by atoms with van der Waals surface area (Å²) < 4.78 is 2.04. The van der Waals surface area contributed by atoms with Crippen molar-refractivity contribution < 1.29 is 14.7 Å². The molecule has 110 valence electrons. The van der Waals surface area contributed by atoms with E-state index < -0.39 is 5.97 Å². The summed E-state index contributed by atoms with van der Waals surface area (Å²) in [5, 5.41) is 9.12. The summed E-state index contributed by atoms with van der Waals surface area (Å²) >= 11 is 0. The van der Waals surface area contributed by atoms with Crippen LogP contribution >= 0.6 is 0 Å². The smallest absolute Gasteiger partial charge is 0.335 e. The summed E-state index contributed by atoms with van der Waals surface area (Å²) in [6, 6.07) is 4.97. The average molecular weight is 287 g/mol. The van der Waals surface area contributed by atoms with Gasteiger partial charge in [-0.1, -0.05) is 0 Å². The lowest BCUT2D eigenvalue weighted by atomic mass is 10.2. The lowest BCUT2D eigenvalue weighted by Crippen LogP contribution is -2.12. The van der Waals surface area contributed by atoms with E-state index in [1.807, 2.05) is 4.57 Å². The van der Waals surface area contributed by atoms with Crippen LogP contribution in [0, 0.1) is 0 Å². The highest BCUT2D eigenvalue weighted by Crippen LogP contribution is 2.40. The third kappa shape index (κ3) is 2.74. The number of nitrogens with two attached hydrogens (primary N) is 1. The molecule has 1 aliphatic rings. The molecule has 0 aliphatic heterocycles. The van der Waals surface area contributed by atoms with Gasteiger partial charge in [-0.25, -0.2) is 9.78 Å². The van der Waals surface area contributed by atoms with Gasteiger partial charge in [0.2, 0.25) is 5.91 Å². The first kappa shape index (κ1) is 13.6. The number of aromatic carboxylic acids is 1. The van der Waals surface area contributed by atoms with Crippen molar-refractivity contribution in [1.82, 2.24) is 9.55 Å². The molecule has 21 heavy (non-hydrogen) atoms. The summed E-state index contributed by atoms with van der Waals surface area (Å²) in [6.45, 7) is 0.633. The number of carbonyl (C=O) groups excluding carboxylic acids is 1. The molecule has 0 atom stereocenters. The molecule has 0 bridgehead atoms. The molecule has 3 rings (SSSR count). The zero-order valence-electron chi connectivity index (χ0n) is 11.6. The van der Waals surface area contributed by atoms with Gasteiger partial charge in [-0.15, -0.1) is 0 Å². The van der Waals surface area contributed by atoms with E-state index in [0.717, 1.165) is 29.7 Å². The monoisotopic (exact) mass is 287 g/mol. The number of rotatable bonds is 6. The molecule has 1 aromatic carbocycles. The quantitative estimate of drug-likeness (QED) is 0.847. The molecule has 1 aromatic heterocycles. The van der Waals surface area contributed by atoms with E-state index in [-0.39, 0.29) is 11.5 Å². The molecule has 0 saturated heterocycles. The maximum absolute atomic E-state index is 11.1. The number of benzene rings is 1. The number of primary amides is 1. The maximum Gasteiger partial charge on any atom is 0.335 e. The first-order valence-corrected chi connectivity index (χ1v) is 7.08. The Labute approximate surface area is 121 Å². The third-order valence-corrected chi connectivity index (χ3v) is 3.77. The van der Waals surface area contributed by atoms with Gasteiger partial charge in [0.1, 0.15) is 5.82 Å². The number of hydrogen-bond donors (Lipinski definition) is 2. The Bertz CT molecular complexity index is 716. The second-order valence-corrected chi connectivity index (χ2v) is 5.47. The molecule has 6 nitrogen and oxygen atoms in total. The van der Waals surface area contributed by atoms with Gasteiger partial charge in [-0.2, -0.15) is 0 Å². The normalized spacial score (nSPS) is 14.5. The Morgan fingerprint density at radius 2 is 2.14 bits per heavy atom. The number of carboxylic acids is 1. The van der Waals surface area contributed by atoms with Crippen LogP contribution in [0.25, 0.3) is 11.0 Å². The van der Waals surface area contributed by atoms with E-state index in [1.165, 1.54) is 0 Å². The van der Waals surface area contributed by atoms with Crippen molar-refractivity contribution >= 4 is 22.9 Å². The minimum Gasteiger partial charge on any atom is -0.478 e. The molecule has 0 spiro atoms. The van der Waals surface area contributed by atoms with Crippen LogP contribution in [0.15, 0.2) is 18.2 Å². The SMILES string of the molecule is NC(=O)CCCn1c(C2CC2)nc2ccc(C(=O)O)cc21. The number of hydrogen-bond acceptors (Lipinski definition) is 3. The minimum absolute atomic E-state index is 0.251. The molecule has 1 aliphatic carbocycles. The van der Waals surface area contributed by atoms with Gasteiger partial charge in [0.15, 0.2) is 0 Å². The molecule has 0 unspecified atom stereocenters. The number of fused-ring (bicyclic) bond motifs is 1. The first-order valence-electron chi connectivity index (χ1n) is 7.08. The molecule has 1 heterocycles. The van der Waals surface area contributed by atoms with Crippen LogP contribution in [0.1, 0.15) is 47.8 Å². The van der Waals surface area contributed by atoms with Gasteiger partial charge in [0, 0.05) is 18.9 Å². The highest BCUT2D eigenvalue weighted by Gasteiger charge is 2.29. The molecule has 0 radical (unpaired) electrons. The summed E-state index contributed by atoms with van der Waals surface area (Å²) in [5.41, 5.74) is 7.05. The summed E-state index contributed by atoms with van der Waals surface area (Å²) in [7, 11) is 0. The van der Waals surface area contributed by atoms with E-state index in [0.29, 0.717) is 25.3 Å². The first-order chi connectivity index (χ1) is 10.1. The number of nitrogens with zero attached hydrogens (tertiary/aromatic N) is 2. The van der Waals surface area contributed by atoms with E-state index in [1.54, 1.807) is 18.2 Å². The maximum atomic E-state index is 11.1. The molecule has 3 N–H and O–H groups in total. The summed E-state index contributed by atoms with van der Waals surface area (Å²) in [6.07, 6.45) is 3.19. The van der Waals surface area contributed by atoms with Crippen LogP contribution in [0.3, 0.4) is 0 Å². The van der Waals surface area contributed by atoms with Crippen LogP contribution in [0.2, 0.25) is 0 Å². The van der Waals surface area contributed by atoms with Gasteiger partial charge in [0.25, 0.3) is 0 Å². The second kappa shape index (κ2) is 5.20. The van der Waals surface area contributed by atoms with Crippen LogP contribution in [-0.2, 0) is 11.3 Å². The molecule has 1 saturated carbocycles. The summed E-state index contributed by atoms with van der Waals surface area (Å²) in [5.74, 6) is 0.185. The van der Waals surface area contributed by atoms with Crippen molar-refractivity contribution in [3.63, 3.8) is 0 Å². The minimum atomic E-state index is -0.949. The fraction of sp³-hybridized carbons (Fsp3) is 0.400. The zero-order chi connectivity index (χ0) is 15.0. The third-order valence-electron chi connectivity index (χ3n) is 3.77. The number of carbonyl (C=O) groups is 2. The van der Waals surface area contributed by atoms with Crippen molar-refractivity contribution in [1.29, 1.82) is 0 Å². The molecule has 6 heteroatoms. The molecule has 2 aromatic rings. The van der Waals surface area contributed by atoms with Crippen molar-refractivity contribution in [2.75, 3.05) is 0 Å². The molecule has 1 amide bonds. The fourth-order valence-electron chi connectivity index (χ4n) is 2.57. The number of aromatic nitrogens is 2.